The monoisotopic (exact) mass is 398 g/mol. The highest BCUT2D eigenvalue weighted by Gasteiger charge is 2.41. The lowest BCUT2D eigenvalue weighted by atomic mass is 9.74. The van der Waals surface area contributed by atoms with E-state index in [1.54, 1.807) is 14.2 Å². The first kappa shape index (κ1) is 19.9. The lowest BCUT2D eigenvalue weighted by molar-refractivity contribution is -0.125. The van der Waals surface area contributed by atoms with E-state index in [1.807, 2.05) is 23.9 Å². The summed E-state index contributed by atoms with van der Waals surface area (Å²) in [6, 6.07) is 10.7. The Balaban J connectivity index is 1.45. The van der Waals surface area contributed by atoms with Gasteiger partial charge in [-0.05, 0) is 55.6 Å². The number of hydrogen-bond donors (Lipinski definition) is 1. The summed E-state index contributed by atoms with van der Waals surface area (Å²) in [5.74, 6) is 1.93. The lowest BCUT2D eigenvalue weighted by Crippen LogP contribution is -2.56. The van der Waals surface area contributed by atoms with Crippen LogP contribution in [0.5, 0.6) is 5.75 Å². The van der Waals surface area contributed by atoms with Crippen molar-refractivity contribution < 1.29 is 14.3 Å². The minimum Gasteiger partial charge on any atom is -0.497 e. The summed E-state index contributed by atoms with van der Waals surface area (Å²) in [4.78, 5) is 14.3. The van der Waals surface area contributed by atoms with Gasteiger partial charge in [-0.3, -0.25) is 14.4 Å². The minimum atomic E-state index is -0.0394. The SMILES string of the molecule is COCC(=O)NC[C@H]1C[C@@H]2CCN1C[C@@H]2c1cc(-c2ccc(OC)cc2)nn1C. The largest absolute Gasteiger partial charge is 0.497 e. The summed E-state index contributed by atoms with van der Waals surface area (Å²) in [6.07, 6.45) is 2.32. The van der Waals surface area contributed by atoms with Gasteiger partial charge >= 0.3 is 0 Å². The average Bonchev–Trinajstić information content (AvgIpc) is 3.14. The molecule has 7 heteroatoms. The number of piperidine rings is 3. The molecule has 3 aliphatic rings. The van der Waals surface area contributed by atoms with E-state index >= 15 is 0 Å². The molecule has 2 bridgehead atoms. The van der Waals surface area contributed by atoms with Crippen molar-refractivity contribution in [3.05, 3.63) is 36.0 Å². The summed E-state index contributed by atoms with van der Waals surface area (Å²) in [5.41, 5.74) is 3.41. The Morgan fingerprint density at radius 1 is 1.28 bits per heavy atom. The Labute approximate surface area is 172 Å². The maximum absolute atomic E-state index is 11.7. The van der Waals surface area contributed by atoms with Gasteiger partial charge in [-0.2, -0.15) is 5.10 Å². The topological polar surface area (TPSA) is 68.6 Å². The van der Waals surface area contributed by atoms with Crippen molar-refractivity contribution in [2.75, 3.05) is 40.5 Å². The maximum Gasteiger partial charge on any atom is 0.246 e. The van der Waals surface area contributed by atoms with E-state index in [4.69, 9.17) is 14.6 Å². The number of rotatable bonds is 7. The molecule has 3 fully saturated rings. The van der Waals surface area contributed by atoms with Crippen LogP contribution in [0.2, 0.25) is 0 Å². The fraction of sp³-hybridized carbons (Fsp3) is 0.545. The van der Waals surface area contributed by atoms with Gasteiger partial charge in [0.25, 0.3) is 0 Å². The first-order valence-electron chi connectivity index (χ1n) is 10.3. The van der Waals surface area contributed by atoms with Crippen LogP contribution in [0, 0.1) is 5.92 Å². The molecule has 3 saturated heterocycles. The first-order valence-corrected chi connectivity index (χ1v) is 10.3. The highest BCUT2D eigenvalue weighted by molar-refractivity contribution is 5.77. The van der Waals surface area contributed by atoms with Crippen LogP contribution in [0.3, 0.4) is 0 Å². The molecule has 1 aromatic heterocycles. The van der Waals surface area contributed by atoms with Gasteiger partial charge in [-0.1, -0.05) is 0 Å². The molecule has 7 nitrogen and oxygen atoms in total. The molecule has 1 amide bonds. The number of nitrogens with zero attached hydrogens (tertiary/aromatic N) is 3. The Kier molecular flexibility index (Phi) is 5.87. The summed E-state index contributed by atoms with van der Waals surface area (Å²) in [7, 11) is 5.27. The van der Waals surface area contributed by atoms with Crippen molar-refractivity contribution in [3.63, 3.8) is 0 Å². The molecule has 156 valence electrons. The lowest BCUT2D eigenvalue weighted by Gasteiger charge is -2.50. The molecule has 0 radical (unpaired) electrons. The molecular weight excluding hydrogens is 368 g/mol. The number of ether oxygens (including phenoxy) is 2. The van der Waals surface area contributed by atoms with Gasteiger partial charge in [0, 0.05) is 50.5 Å². The van der Waals surface area contributed by atoms with Crippen molar-refractivity contribution in [1.82, 2.24) is 20.0 Å². The molecule has 29 heavy (non-hydrogen) atoms. The standard InChI is InChI=1S/C22H30N4O3/c1-25-21(11-20(24-25)15-4-6-18(29-3)7-5-15)19-13-26-9-8-16(19)10-17(26)12-23-22(27)14-28-2/h4-7,11,16-17,19H,8-10,12-14H2,1-3H3,(H,23,27)/t16-,17+,19-/m0/s1. The number of hydrogen-bond acceptors (Lipinski definition) is 5. The van der Waals surface area contributed by atoms with Gasteiger partial charge in [0.2, 0.25) is 5.91 Å². The van der Waals surface area contributed by atoms with Gasteiger partial charge in [0.1, 0.15) is 12.4 Å². The zero-order valence-electron chi connectivity index (χ0n) is 17.4. The highest BCUT2D eigenvalue weighted by atomic mass is 16.5. The fourth-order valence-corrected chi connectivity index (χ4v) is 4.83. The third kappa shape index (κ3) is 4.16. The van der Waals surface area contributed by atoms with Gasteiger partial charge in [0.15, 0.2) is 0 Å². The van der Waals surface area contributed by atoms with Crippen LogP contribution in [-0.2, 0) is 16.6 Å². The third-order valence-corrected chi connectivity index (χ3v) is 6.37. The molecule has 2 aromatic rings. The quantitative estimate of drug-likeness (QED) is 0.773. The number of aromatic nitrogens is 2. The molecule has 0 saturated carbocycles. The molecule has 1 N–H and O–H groups in total. The molecule has 1 unspecified atom stereocenters. The molecular formula is C22H30N4O3. The second-order valence-electron chi connectivity index (χ2n) is 8.08. The number of benzene rings is 1. The van der Waals surface area contributed by atoms with E-state index in [2.05, 4.69) is 28.4 Å². The van der Waals surface area contributed by atoms with E-state index in [9.17, 15) is 4.79 Å². The number of carbonyl (C=O) groups excluding carboxylic acids is 1. The van der Waals surface area contributed by atoms with Crippen LogP contribution in [0.4, 0.5) is 0 Å². The zero-order valence-corrected chi connectivity index (χ0v) is 17.4. The van der Waals surface area contributed by atoms with Crippen LogP contribution in [0.25, 0.3) is 11.3 Å². The van der Waals surface area contributed by atoms with Crippen LogP contribution in [-0.4, -0.2) is 67.1 Å². The van der Waals surface area contributed by atoms with E-state index in [-0.39, 0.29) is 12.5 Å². The second-order valence-corrected chi connectivity index (χ2v) is 8.08. The predicted octanol–water partition coefficient (Wildman–Crippen LogP) is 2.04. The van der Waals surface area contributed by atoms with Crippen LogP contribution >= 0.6 is 0 Å². The predicted molar refractivity (Wildman–Crippen MR) is 111 cm³/mol. The Bertz CT molecular complexity index is 848. The van der Waals surface area contributed by atoms with Crippen molar-refractivity contribution >= 4 is 5.91 Å². The van der Waals surface area contributed by atoms with Crippen molar-refractivity contribution in [2.45, 2.75) is 24.8 Å². The molecule has 0 aliphatic carbocycles. The van der Waals surface area contributed by atoms with Crippen molar-refractivity contribution in [3.8, 4) is 17.0 Å². The van der Waals surface area contributed by atoms with Gasteiger partial charge < -0.3 is 14.8 Å². The maximum atomic E-state index is 11.7. The highest BCUT2D eigenvalue weighted by Crippen LogP contribution is 2.42. The van der Waals surface area contributed by atoms with Crippen LogP contribution < -0.4 is 10.1 Å². The van der Waals surface area contributed by atoms with E-state index in [0.717, 1.165) is 36.5 Å². The molecule has 4 atom stereocenters. The number of carbonyl (C=O) groups is 1. The third-order valence-electron chi connectivity index (χ3n) is 6.37. The Morgan fingerprint density at radius 3 is 2.72 bits per heavy atom. The Morgan fingerprint density at radius 2 is 2.07 bits per heavy atom. The zero-order chi connectivity index (χ0) is 20.4. The summed E-state index contributed by atoms with van der Waals surface area (Å²) < 4.78 is 12.2. The molecule has 4 heterocycles. The smallest absolute Gasteiger partial charge is 0.246 e. The Hall–Kier alpha value is -2.38. The van der Waals surface area contributed by atoms with Gasteiger partial charge in [-0.25, -0.2) is 0 Å². The van der Waals surface area contributed by atoms with Gasteiger partial charge in [0.05, 0.1) is 12.8 Å². The summed E-state index contributed by atoms with van der Waals surface area (Å²) in [6.45, 7) is 2.96. The van der Waals surface area contributed by atoms with E-state index in [0.29, 0.717) is 24.4 Å². The van der Waals surface area contributed by atoms with Crippen molar-refractivity contribution in [2.24, 2.45) is 13.0 Å². The first-order chi connectivity index (χ1) is 14.1. The number of nitrogens with one attached hydrogen (secondary N) is 1. The number of fused-ring (bicyclic) bond motifs is 3. The minimum absolute atomic E-state index is 0.0394. The summed E-state index contributed by atoms with van der Waals surface area (Å²) in [5, 5.41) is 7.79. The van der Waals surface area contributed by atoms with Crippen LogP contribution in [0.15, 0.2) is 30.3 Å². The van der Waals surface area contributed by atoms with Crippen molar-refractivity contribution in [1.29, 1.82) is 0 Å². The molecule has 3 aliphatic heterocycles. The average molecular weight is 399 g/mol. The summed E-state index contributed by atoms with van der Waals surface area (Å²) >= 11 is 0. The molecule has 5 rings (SSSR count). The molecule has 0 spiro atoms. The van der Waals surface area contributed by atoms with Crippen LogP contribution in [0.1, 0.15) is 24.5 Å². The van der Waals surface area contributed by atoms with Gasteiger partial charge in [-0.15, -0.1) is 0 Å². The fourth-order valence-electron chi connectivity index (χ4n) is 4.83. The van der Waals surface area contributed by atoms with E-state index in [1.165, 1.54) is 12.1 Å². The number of aryl methyl sites for hydroxylation is 1. The van der Waals surface area contributed by atoms with E-state index < -0.39 is 0 Å². The second kappa shape index (κ2) is 8.55. The number of methoxy groups -OCH3 is 2. The number of amides is 1. The normalized spacial score (nSPS) is 25.8. The molecule has 1 aromatic carbocycles.